The van der Waals surface area contributed by atoms with Crippen LogP contribution in [-0.4, -0.2) is 14.9 Å². The average molecular weight is 211 g/mol. The van der Waals surface area contributed by atoms with E-state index in [9.17, 15) is 13.2 Å². The van der Waals surface area contributed by atoms with E-state index < -0.39 is 18.6 Å². The topological polar surface area (TPSA) is 51.8 Å². The fraction of sp³-hybridized carbons (Fsp3) is 0.667. The van der Waals surface area contributed by atoms with Crippen LogP contribution in [0.2, 0.25) is 0 Å². The van der Waals surface area contributed by atoms with E-state index in [1.807, 2.05) is 0 Å². The molecule has 0 aliphatic carbocycles. The number of rotatable bonds is 3. The second-order valence-electron chi connectivity index (χ2n) is 2.59. The van der Waals surface area contributed by atoms with Crippen LogP contribution in [0.15, 0.2) is 6.20 Å². The monoisotopic (exact) mass is 211 g/mol. The lowest BCUT2D eigenvalue weighted by molar-refractivity contribution is -0.136. The van der Waals surface area contributed by atoms with Crippen LogP contribution < -0.4 is 5.73 Å². The van der Waals surface area contributed by atoms with Crippen molar-refractivity contribution in [2.75, 3.05) is 0 Å². The van der Waals surface area contributed by atoms with Crippen LogP contribution in [-0.2, 0) is 0 Å². The molecule has 0 spiro atoms. The molecule has 74 valence electrons. The Balaban J connectivity index is 2.39. The molecule has 0 aliphatic heterocycles. The Kier molecular flexibility index (Phi) is 3.21. The zero-order valence-electron chi connectivity index (χ0n) is 6.58. The second-order valence-corrected chi connectivity index (χ2v) is 3.15. The fourth-order valence-electron chi connectivity index (χ4n) is 0.802. The Morgan fingerprint density at radius 2 is 2.23 bits per heavy atom. The standard InChI is InChI=1S/C6H8F3N3S/c7-6(8,9)2-1-4(10)5-3-11-13-12-5/h3-4H,1-2,10H2. The Hall–Kier alpha value is -0.690. The molecule has 0 saturated carbocycles. The fourth-order valence-corrected chi connectivity index (χ4v) is 1.28. The molecule has 0 bridgehead atoms. The third-order valence-corrected chi connectivity index (χ3v) is 1.99. The van der Waals surface area contributed by atoms with E-state index in [1.54, 1.807) is 0 Å². The Labute approximate surface area is 77.1 Å². The third-order valence-electron chi connectivity index (χ3n) is 1.50. The summed E-state index contributed by atoms with van der Waals surface area (Å²) < 4.78 is 42.7. The molecule has 1 aromatic rings. The van der Waals surface area contributed by atoms with Crippen LogP contribution in [0.1, 0.15) is 24.6 Å². The summed E-state index contributed by atoms with van der Waals surface area (Å²) in [6.07, 6.45) is -3.78. The molecule has 0 radical (unpaired) electrons. The number of halogens is 3. The summed E-state index contributed by atoms with van der Waals surface area (Å²) in [4.78, 5) is 0. The van der Waals surface area contributed by atoms with Crippen LogP contribution in [0.5, 0.6) is 0 Å². The van der Waals surface area contributed by atoms with Gasteiger partial charge in [-0.3, -0.25) is 0 Å². The first-order chi connectivity index (χ1) is 5.99. The highest BCUT2D eigenvalue weighted by Crippen LogP contribution is 2.25. The quantitative estimate of drug-likeness (QED) is 0.830. The summed E-state index contributed by atoms with van der Waals surface area (Å²) in [5.41, 5.74) is 5.88. The van der Waals surface area contributed by atoms with Gasteiger partial charge in [0.2, 0.25) is 0 Å². The van der Waals surface area contributed by atoms with Crippen LogP contribution in [0.3, 0.4) is 0 Å². The van der Waals surface area contributed by atoms with E-state index in [4.69, 9.17) is 5.73 Å². The highest BCUT2D eigenvalue weighted by molar-refractivity contribution is 6.99. The van der Waals surface area contributed by atoms with Crippen molar-refractivity contribution in [3.05, 3.63) is 11.9 Å². The van der Waals surface area contributed by atoms with Gasteiger partial charge in [-0.15, -0.1) is 0 Å². The van der Waals surface area contributed by atoms with Gasteiger partial charge < -0.3 is 5.73 Å². The lowest BCUT2D eigenvalue weighted by Gasteiger charge is -2.09. The highest BCUT2D eigenvalue weighted by Gasteiger charge is 2.28. The smallest absolute Gasteiger partial charge is 0.323 e. The zero-order chi connectivity index (χ0) is 9.90. The number of nitrogens with two attached hydrogens (primary N) is 1. The predicted molar refractivity (Wildman–Crippen MR) is 42.1 cm³/mol. The van der Waals surface area contributed by atoms with Gasteiger partial charge in [-0.1, -0.05) is 0 Å². The highest BCUT2D eigenvalue weighted by atomic mass is 32.1. The molecule has 0 aliphatic rings. The van der Waals surface area contributed by atoms with Crippen molar-refractivity contribution in [1.82, 2.24) is 8.75 Å². The molecule has 0 aromatic carbocycles. The number of hydrogen-bond acceptors (Lipinski definition) is 4. The maximum atomic E-state index is 11.8. The Bertz CT molecular complexity index is 246. The van der Waals surface area contributed by atoms with Crippen molar-refractivity contribution in [2.24, 2.45) is 5.73 Å². The SMILES string of the molecule is NC(CCC(F)(F)F)c1cnsn1. The Morgan fingerprint density at radius 3 is 2.69 bits per heavy atom. The maximum absolute atomic E-state index is 11.8. The lowest BCUT2D eigenvalue weighted by atomic mass is 10.1. The molecule has 1 heterocycles. The van der Waals surface area contributed by atoms with Crippen molar-refractivity contribution >= 4 is 11.7 Å². The molecule has 13 heavy (non-hydrogen) atoms. The lowest BCUT2D eigenvalue weighted by Crippen LogP contribution is -2.15. The molecule has 1 rings (SSSR count). The van der Waals surface area contributed by atoms with E-state index in [1.165, 1.54) is 6.20 Å². The van der Waals surface area contributed by atoms with Crippen molar-refractivity contribution in [3.63, 3.8) is 0 Å². The molecule has 2 N–H and O–H groups in total. The largest absolute Gasteiger partial charge is 0.389 e. The van der Waals surface area contributed by atoms with Gasteiger partial charge in [0, 0.05) is 6.42 Å². The van der Waals surface area contributed by atoms with Gasteiger partial charge in [0.05, 0.1) is 29.7 Å². The minimum atomic E-state index is -4.15. The van der Waals surface area contributed by atoms with E-state index in [0.29, 0.717) is 5.69 Å². The summed E-state index contributed by atoms with van der Waals surface area (Å²) in [7, 11) is 0. The Morgan fingerprint density at radius 1 is 1.54 bits per heavy atom. The number of hydrogen-bond donors (Lipinski definition) is 1. The maximum Gasteiger partial charge on any atom is 0.389 e. The first kappa shape index (κ1) is 10.4. The van der Waals surface area contributed by atoms with E-state index in [0.717, 1.165) is 11.7 Å². The summed E-state index contributed by atoms with van der Waals surface area (Å²) in [5.74, 6) is 0. The van der Waals surface area contributed by atoms with E-state index in [-0.39, 0.29) is 6.42 Å². The van der Waals surface area contributed by atoms with Gasteiger partial charge in [-0.05, 0) is 6.42 Å². The van der Waals surface area contributed by atoms with Gasteiger partial charge >= 0.3 is 6.18 Å². The molecule has 1 aromatic heterocycles. The molecular weight excluding hydrogens is 203 g/mol. The molecule has 0 fully saturated rings. The molecule has 0 saturated heterocycles. The third kappa shape index (κ3) is 3.69. The van der Waals surface area contributed by atoms with E-state index in [2.05, 4.69) is 8.75 Å². The summed E-state index contributed by atoms with van der Waals surface area (Å²) in [6.45, 7) is 0. The minimum absolute atomic E-state index is 0.144. The van der Waals surface area contributed by atoms with Crippen LogP contribution in [0, 0.1) is 0 Å². The summed E-state index contributed by atoms with van der Waals surface area (Å²) in [6, 6.07) is -0.666. The molecule has 0 amide bonds. The summed E-state index contributed by atoms with van der Waals surface area (Å²) >= 11 is 0.940. The molecule has 1 atom stereocenters. The molecular formula is C6H8F3N3S. The van der Waals surface area contributed by atoms with Gasteiger partial charge in [-0.25, -0.2) is 0 Å². The number of nitrogens with zero attached hydrogens (tertiary/aromatic N) is 2. The van der Waals surface area contributed by atoms with Gasteiger partial charge in [0.15, 0.2) is 0 Å². The van der Waals surface area contributed by atoms with E-state index >= 15 is 0 Å². The van der Waals surface area contributed by atoms with Crippen LogP contribution >= 0.6 is 11.7 Å². The molecule has 1 unspecified atom stereocenters. The van der Waals surface area contributed by atoms with Crippen LogP contribution in [0.25, 0.3) is 0 Å². The van der Waals surface area contributed by atoms with Crippen molar-refractivity contribution in [3.8, 4) is 0 Å². The van der Waals surface area contributed by atoms with Gasteiger partial charge in [0.25, 0.3) is 0 Å². The predicted octanol–water partition coefficient (Wildman–Crippen LogP) is 1.88. The second kappa shape index (κ2) is 4.01. The molecule has 3 nitrogen and oxygen atoms in total. The number of alkyl halides is 3. The normalized spacial score (nSPS) is 14.5. The average Bonchev–Trinajstić information content (AvgIpc) is 2.50. The first-order valence-electron chi connectivity index (χ1n) is 3.59. The van der Waals surface area contributed by atoms with Crippen molar-refractivity contribution < 1.29 is 13.2 Å². The van der Waals surface area contributed by atoms with Gasteiger partial charge in [0.1, 0.15) is 0 Å². The minimum Gasteiger partial charge on any atom is -0.323 e. The van der Waals surface area contributed by atoms with Gasteiger partial charge in [-0.2, -0.15) is 21.9 Å². The van der Waals surface area contributed by atoms with Crippen molar-refractivity contribution in [2.45, 2.75) is 25.1 Å². The summed E-state index contributed by atoms with van der Waals surface area (Å²) in [5, 5.41) is 0. The van der Waals surface area contributed by atoms with Crippen LogP contribution in [0.4, 0.5) is 13.2 Å². The molecule has 7 heteroatoms. The zero-order valence-corrected chi connectivity index (χ0v) is 7.40. The number of aromatic nitrogens is 2. The first-order valence-corrected chi connectivity index (χ1v) is 4.32. The van der Waals surface area contributed by atoms with Crippen molar-refractivity contribution in [1.29, 1.82) is 0 Å².